The number of aromatic nitrogens is 2. The summed E-state index contributed by atoms with van der Waals surface area (Å²) in [5.74, 6) is 0.106. The minimum Gasteiger partial charge on any atom is -0.385 e. The number of nitrogens with zero attached hydrogens (tertiary/aromatic N) is 2. The summed E-state index contributed by atoms with van der Waals surface area (Å²) in [5, 5.41) is 8.14. The summed E-state index contributed by atoms with van der Waals surface area (Å²) in [6, 6.07) is 0. The third-order valence-electron chi connectivity index (χ3n) is 2.79. The van der Waals surface area contributed by atoms with E-state index in [0.29, 0.717) is 18.1 Å². The molecule has 0 unspecified atom stereocenters. The van der Waals surface area contributed by atoms with Crippen molar-refractivity contribution >= 4 is 17.5 Å². The second-order valence-electron chi connectivity index (χ2n) is 4.93. The van der Waals surface area contributed by atoms with E-state index in [1.165, 1.54) is 0 Å². The molecule has 0 aromatic carbocycles. The van der Waals surface area contributed by atoms with Crippen LogP contribution in [0.2, 0.25) is 0 Å². The molecule has 7 nitrogen and oxygen atoms in total. The Morgan fingerprint density at radius 1 is 1.29 bits per heavy atom. The van der Waals surface area contributed by atoms with Crippen LogP contribution in [-0.4, -0.2) is 41.9 Å². The molecular weight excluding hydrogens is 270 g/mol. The summed E-state index contributed by atoms with van der Waals surface area (Å²) in [6.07, 6.45) is 2.43. The molecule has 0 bridgehead atoms. The summed E-state index contributed by atoms with van der Waals surface area (Å²) >= 11 is 0. The summed E-state index contributed by atoms with van der Waals surface area (Å²) in [4.78, 5) is 32.1. The lowest BCUT2D eigenvalue weighted by molar-refractivity contribution is -0.120. The number of hydrogen-bond acceptors (Lipinski definition) is 5. The SMILES string of the molecule is CCCNC(=O)CNC(=O)c1nc(C(C)C)ncc1NC. The Bertz CT molecular complexity index is 502. The van der Waals surface area contributed by atoms with Gasteiger partial charge in [0.1, 0.15) is 5.82 Å². The second kappa shape index (κ2) is 8.18. The third-order valence-corrected chi connectivity index (χ3v) is 2.79. The molecule has 0 fully saturated rings. The average Bonchev–Trinajstić information content (AvgIpc) is 2.49. The Labute approximate surface area is 124 Å². The zero-order valence-corrected chi connectivity index (χ0v) is 13.0. The Balaban J connectivity index is 2.76. The van der Waals surface area contributed by atoms with Crippen molar-refractivity contribution < 1.29 is 9.59 Å². The van der Waals surface area contributed by atoms with Crippen molar-refractivity contribution in [1.29, 1.82) is 0 Å². The van der Waals surface area contributed by atoms with Crippen LogP contribution in [-0.2, 0) is 4.79 Å². The predicted molar refractivity (Wildman–Crippen MR) is 81.3 cm³/mol. The monoisotopic (exact) mass is 293 g/mol. The predicted octanol–water partition coefficient (Wildman–Crippen LogP) is 0.898. The molecular formula is C14H23N5O2. The summed E-state index contributed by atoms with van der Waals surface area (Å²) in [7, 11) is 1.69. The number of anilines is 1. The van der Waals surface area contributed by atoms with E-state index in [0.717, 1.165) is 6.42 Å². The number of nitrogens with one attached hydrogen (secondary N) is 3. The summed E-state index contributed by atoms with van der Waals surface area (Å²) in [6.45, 7) is 6.40. The summed E-state index contributed by atoms with van der Waals surface area (Å²) in [5.41, 5.74) is 0.783. The van der Waals surface area contributed by atoms with E-state index in [1.807, 2.05) is 20.8 Å². The fourth-order valence-corrected chi connectivity index (χ4v) is 1.60. The molecule has 0 aliphatic rings. The molecule has 21 heavy (non-hydrogen) atoms. The Hall–Kier alpha value is -2.18. The fourth-order valence-electron chi connectivity index (χ4n) is 1.60. The van der Waals surface area contributed by atoms with Gasteiger partial charge in [-0.25, -0.2) is 9.97 Å². The minimum atomic E-state index is -0.393. The van der Waals surface area contributed by atoms with Gasteiger partial charge in [0.2, 0.25) is 5.91 Å². The lowest BCUT2D eigenvalue weighted by Crippen LogP contribution is -2.37. The molecule has 1 heterocycles. The van der Waals surface area contributed by atoms with E-state index in [9.17, 15) is 9.59 Å². The molecule has 1 aromatic heterocycles. The van der Waals surface area contributed by atoms with E-state index in [-0.39, 0.29) is 24.1 Å². The van der Waals surface area contributed by atoms with Crippen molar-refractivity contribution in [2.45, 2.75) is 33.1 Å². The van der Waals surface area contributed by atoms with Gasteiger partial charge in [-0.05, 0) is 6.42 Å². The maximum atomic E-state index is 12.2. The molecule has 1 aromatic rings. The van der Waals surface area contributed by atoms with Gasteiger partial charge in [0.05, 0.1) is 18.4 Å². The lowest BCUT2D eigenvalue weighted by Gasteiger charge is -2.11. The standard InChI is InChI=1S/C14H23N5O2/c1-5-6-16-11(20)8-18-14(21)12-10(15-4)7-17-13(19-12)9(2)3/h7,9,15H,5-6,8H2,1-4H3,(H,16,20)(H,18,21). The lowest BCUT2D eigenvalue weighted by atomic mass is 10.2. The quantitative estimate of drug-likeness (QED) is 0.694. The zero-order valence-electron chi connectivity index (χ0n) is 13.0. The Kier molecular flexibility index (Phi) is 6.58. The molecule has 1 rings (SSSR count). The third kappa shape index (κ3) is 5.02. The normalized spacial score (nSPS) is 10.3. The molecule has 0 radical (unpaired) electrons. The molecule has 2 amide bonds. The van der Waals surface area contributed by atoms with Gasteiger partial charge in [-0.15, -0.1) is 0 Å². The van der Waals surface area contributed by atoms with Crippen LogP contribution in [0.15, 0.2) is 6.20 Å². The topological polar surface area (TPSA) is 96.0 Å². The van der Waals surface area contributed by atoms with Gasteiger partial charge in [0.15, 0.2) is 5.69 Å². The highest BCUT2D eigenvalue weighted by Gasteiger charge is 2.16. The van der Waals surface area contributed by atoms with Crippen molar-refractivity contribution in [3.63, 3.8) is 0 Å². The maximum absolute atomic E-state index is 12.2. The smallest absolute Gasteiger partial charge is 0.272 e. The number of amides is 2. The average molecular weight is 293 g/mol. The summed E-state index contributed by atoms with van der Waals surface area (Å²) < 4.78 is 0. The Morgan fingerprint density at radius 2 is 2.00 bits per heavy atom. The first-order valence-corrected chi connectivity index (χ1v) is 7.09. The molecule has 0 atom stereocenters. The largest absolute Gasteiger partial charge is 0.385 e. The van der Waals surface area contributed by atoms with Crippen LogP contribution in [0.1, 0.15) is 49.4 Å². The van der Waals surface area contributed by atoms with Crippen LogP contribution in [0.4, 0.5) is 5.69 Å². The highest BCUT2D eigenvalue weighted by molar-refractivity contribution is 5.99. The first-order valence-electron chi connectivity index (χ1n) is 7.09. The molecule has 0 spiro atoms. The number of hydrogen-bond donors (Lipinski definition) is 3. The molecule has 0 aliphatic carbocycles. The van der Waals surface area contributed by atoms with Crippen LogP contribution < -0.4 is 16.0 Å². The van der Waals surface area contributed by atoms with Crippen molar-refractivity contribution in [3.8, 4) is 0 Å². The first kappa shape index (κ1) is 16.9. The maximum Gasteiger partial charge on any atom is 0.272 e. The van der Waals surface area contributed by atoms with Gasteiger partial charge < -0.3 is 16.0 Å². The van der Waals surface area contributed by atoms with Crippen LogP contribution in [0.3, 0.4) is 0 Å². The van der Waals surface area contributed by atoms with E-state index >= 15 is 0 Å². The molecule has 3 N–H and O–H groups in total. The van der Waals surface area contributed by atoms with E-state index < -0.39 is 5.91 Å². The van der Waals surface area contributed by atoms with Crippen LogP contribution in [0.25, 0.3) is 0 Å². The van der Waals surface area contributed by atoms with Crippen molar-refractivity contribution in [2.75, 3.05) is 25.5 Å². The molecule has 0 aliphatic heterocycles. The van der Waals surface area contributed by atoms with Crippen molar-refractivity contribution in [3.05, 3.63) is 17.7 Å². The van der Waals surface area contributed by atoms with E-state index in [2.05, 4.69) is 25.9 Å². The van der Waals surface area contributed by atoms with E-state index in [1.54, 1.807) is 13.2 Å². The number of carbonyl (C=O) groups excluding carboxylic acids is 2. The van der Waals surface area contributed by atoms with Gasteiger partial charge in [-0.2, -0.15) is 0 Å². The minimum absolute atomic E-state index is 0.0665. The molecule has 7 heteroatoms. The van der Waals surface area contributed by atoms with Crippen LogP contribution in [0.5, 0.6) is 0 Å². The van der Waals surface area contributed by atoms with Crippen LogP contribution >= 0.6 is 0 Å². The van der Waals surface area contributed by atoms with Gasteiger partial charge >= 0.3 is 0 Å². The van der Waals surface area contributed by atoms with Crippen molar-refractivity contribution in [2.24, 2.45) is 0 Å². The highest BCUT2D eigenvalue weighted by Crippen LogP contribution is 2.15. The first-order chi connectivity index (χ1) is 9.99. The molecule has 0 saturated heterocycles. The molecule has 116 valence electrons. The van der Waals surface area contributed by atoms with Gasteiger partial charge in [-0.3, -0.25) is 9.59 Å². The van der Waals surface area contributed by atoms with Gasteiger partial charge in [0.25, 0.3) is 5.91 Å². The zero-order chi connectivity index (χ0) is 15.8. The highest BCUT2D eigenvalue weighted by atomic mass is 16.2. The van der Waals surface area contributed by atoms with Gasteiger partial charge in [-0.1, -0.05) is 20.8 Å². The van der Waals surface area contributed by atoms with Crippen molar-refractivity contribution in [1.82, 2.24) is 20.6 Å². The Morgan fingerprint density at radius 3 is 2.57 bits per heavy atom. The second-order valence-corrected chi connectivity index (χ2v) is 4.93. The van der Waals surface area contributed by atoms with Crippen LogP contribution in [0, 0.1) is 0 Å². The number of carbonyl (C=O) groups is 2. The number of rotatable bonds is 7. The van der Waals surface area contributed by atoms with E-state index in [4.69, 9.17) is 0 Å². The van der Waals surface area contributed by atoms with Gasteiger partial charge in [0, 0.05) is 19.5 Å². The fraction of sp³-hybridized carbons (Fsp3) is 0.571. The molecule has 0 saturated carbocycles.